The van der Waals surface area contributed by atoms with E-state index in [0.29, 0.717) is 17.7 Å². The Balaban J connectivity index is 1.66. The summed E-state index contributed by atoms with van der Waals surface area (Å²) in [5.74, 6) is 0.520. The quantitative estimate of drug-likeness (QED) is 0.634. The summed E-state index contributed by atoms with van der Waals surface area (Å²) in [6.07, 6.45) is 2.17. The Morgan fingerprint density at radius 1 is 1.04 bits per heavy atom. The van der Waals surface area contributed by atoms with Crippen molar-refractivity contribution in [3.8, 4) is 0 Å². The lowest BCUT2D eigenvalue weighted by molar-refractivity contribution is 0.0939. The zero-order valence-electron chi connectivity index (χ0n) is 15.7. The smallest absolute Gasteiger partial charge is 0.261 e. The van der Waals surface area contributed by atoms with Gasteiger partial charge in [0.05, 0.1) is 16.8 Å². The van der Waals surface area contributed by atoms with Crippen LogP contribution in [0.3, 0.4) is 0 Å². The second-order valence-electron chi connectivity index (χ2n) is 6.60. The van der Waals surface area contributed by atoms with E-state index in [1.807, 2.05) is 32.0 Å². The first kappa shape index (κ1) is 19.7. The highest BCUT2D eigenvalue weighted by atomic mass is 32.2. The minimum atomic E-state index is -3.73. The van der Waals surface area contributed by atoms with Crippen molar-refractivity contribution in [2.75, 3.05) is 4.72 Å². The van der Waals surface area contributed by atoms with Crippen molar-refractivity contribution in [3.05, 3.63) is 83.8 Å². The summed E-state index contributed by atoms with van der Waals surface area (Å²) in [5.41, 5.74) is 1.74. The molecule has 0 aliphatic carbocycles. The molecule has 1 unspecified atom stereocenters. The fourth-order valence-corrected chi connectivity index (χ4v) is 3.90. The Hall–Kier alpha value is -3.06. The van der Waals surface area contributed by atoms with Crippen LogP contribution in [0.1, 0.15) is 28.6 Å². The minimum Gasteiger partial charge on any atom is -0.469 e. The molecule has 1 amide bonds. The van der Waals surface area contributed by atoms with Crippen LogP contribution >= 0.6 is 0 Å². The Bertz CT molecular complexity index is 1040. The fraction of sp³-hybridized carbons (Fsp3) is 0.190. The van der Waals surface area contributed by atoms with E-state index < -0.39 is 10.0 Å². The largest absolute Gasteiger partial charge is 0.469 e. The molecule has 7 heteroatoms. The first-order chi connectivity index (χ1) is 13.3. The van der Waals surface area contributed by atoms with Gasteiger partial charge in [-0.3, -0.25) is 9.52 Å². The Labute approximate surface area is 164 Å². The lowest BCUT2D eigenvalue weighted by Gasteiger charge is -2.13. The maximum absolute atomic E-state index is 12.6. The van der Waals surface area contributed by atoms with Crippen molar-refractivity contribution < 1.29 is 17.6 Å². The van der Waals surface area contributed by atoms with Gasteiger partial charge in [0, 0.05) is 18.0 Å². The maximum atomic E-state index is 12.6. The van der Waals surface area contributed by atoms with Crippen molar-refractivity contribution in [2.24, 2.45) is 0 Å². The predicted molar refractivity (Wildman–Crippen MR) is 108 cm³/mol. The first-order valence-corrected chi connectivity index (χ1v) is 10.4. The molecule has 0 saturated heterocycles. The molecule has 1 atom stereocenters. The van der Waals surface area contributed by atoms with Crippen LogP contribution < -0.4 is 10.0 Å². The van der Waals surface area contributed by atoms with E-state index in [4.69, 9.17) is 4.42 Å². The molecule has 146 valence electrons. The molecule has 6 nitrogen and oxygen atoms in total. The van der Waals surface area contributed by atoms with Crippen LogP contribution in [0.2, 0.25) is 0 Å². The van der Waals surface area contributed by atoms with Gasteiger partial charge in [-0.05, 0) is 61.9 Å². The molecule has 0 radical (unpaired) electrons. The van der Waals surface area contributed by atoms with Crippen molar-refractivity contribution in [2.45, 2.75) is 31.2 Å². The van der Waals surface area contributed by atoms with Gasteiger partial charge < -0.3 is 9.73 Å². The third kappa shape index (κ3) is 4.80. The highest BCUT2D eigenvalue weighted by molar-refractivity contribution is 7.92. The topological polar surface area (TPSA) is 88.4 Å². The monoisotopic (exact) mass is 398 g/mol. The van der Waals surface area contributed by atoms with Crippen LogP contribution in [0.5, 0.6) is 0 Å². The van der Waals surface area contributed by atoms with E-state index in [9.17, 15) is 13.2 Å². The number of aryl methyl sites for hydroxylation is 1. The molecule has 2 N–H and O–H groups in total. The molecule has 0 aliphatic rings. The first-order valence-electron chi connectivity index (χ1n) is 8.87. The van der Waals surface area contributed by atoms with Crippen molar-refractivity contribution in [1.82, 2.24) is 5.32 Å². The number of nitrogens with one attached hydrogen (secondary N) is 2. The number of carbonyl (C=O) groups is 1. The summed E-state index contributed by atoms with van der Waals surface area (Å²) in [6.45, 7) is 3.71. The molecule has 1 aromatic heterocycles. The number of amides is 1. The van der Waals surface area contributed by atoms with E-state index in [2.05, 4.69) is 10.0 Å². The maximum Gasteiger partial charge on any atom is 0.261 e. The lowest BCUT2D eigenvalue weighted by atomic mass is 10.1. The number of hydrogen-bond donors (Lipinski definition) is 2. The second kappa shape index (κ2) is 8.31. The van der Waals surface area contributed by atoms with Gasteiger partial charge in [0.15, 0.2) is 0 Å². The third-order valence-electron chi connectivity index (χ3n) is 4.28. The summed E-state index contributed by atoms with van der Waals surface area (Å²) >= 11 is 0. The average Bonchev–Trinajstić information content (AvgIpc) is 3.16. The fourth-order valence-electron chi connectivity index (χ4n) is 2.77. The molecule has 3 rings (SSSR count). The van der Waals surface area contributed by atoms with Crippen LogP contribution in [-0.4, -0.2) is 20.4 Å². The van der Waals surface area contributed by atoms with Gasteiger partial charge in [0.2, 0.25) is 0 Å². The van der Waals surface area contributed by atoms with Gasteiger partial charge in [0.1, 0.15) is 5.76 Å². The van der Waals surface area contributed by atoms with Crippen LogP contribution in [0.15, 0.2) is 76.2 Å². The molecule has 1 heterocycles. The molecule has 0 aliphatic heterocycles. The minimum absolute atomic E-state index is 0.0935. The number of carbonyl (C=O) groups excluding carboxylic acids is 1. The molecule has 0 spiro atoms. The molecular formula is C21H22N2O4S. The third-order valence-corrected chi connectivity index (χ3v) is 5.66. The summed E-state index contributed by atoms with van der Waals surface area (Å²) in [6, 6.07) is 16.5. The van der Waals surface area contributed by atoms with Crippen molar-refractivity contribution in [3.63, 3.8) is 0 Å². The lowest BCUT2D eigenvalue weighted by Crippen LogP contribution is -2.34. The molecule has 2 aromatic carbocycles. The van der Waals surface area contributed by atoms with Crippen molar-refractivity contribution in [1.29, 1.82) is 0 Å². The zero-order valence-corrected chi connectivity index (χ0v) is 16.5. The molecular weight excluding hydrogens is 376 g/mol. The van der Waals surface area contributed by atoms with Gasteiger partial charge in [-0.2, -0.15) is 0 Å². The van der Waals surface area contributed by atoms with Gasteiger partial charge in [-0.25, -0.2) is 8.42 Å². The van der Waals surface area contributed by atoms with Gasteiger partial charge in [-0.15, -0.1) is 0 Å². The number of hydrogen-bond acceptors (Lipinski definition) is 4. The van der Waals surface area contributed by atoms with E-state index in [1.165, 1.54) is 24.3 Å². The molecule has 0 fully saturated rings. The standard InChI is InChI=1S/C21H22N2O4S/c1-15-6-3-4-8-20(15)23-28(25,26)19-11-9-17(10-12-19)21(24)22-16(2)14-18-7-5-13-27-18/h3-13,16,23H,14H2,1-2H3,(H,22,24). The molecule has 0 bridgehead atoms. The van der Waals surface area contributed by atoms with Crippen LogP contribution in [0, 0.1) is 6.92 Å². The van der Waals surface area contributed by atoms with Gasteiger partial charge in [-0.1, -0.05) is 18.2 Å². The Morgan fingerprint density at radius 2 is 1.75 bits per heavy atom. The van der Waals surface area contributed by atoms with Gasteiger partial charge in [0.25, 0.3) is 15.9 Å². The van der Waals surface area contributed by atoms with Crippen LogP contribution in [0.25, 0.3) is 0 Å². The zero-order chi connectivity index (χ0) is 20.1. The van der Waals surface area contributed by atoms with Crippen LogP contribution in [0.4, 0.5) is 5.69 Å². The summed E-state index contributed by atoms with van der Waals surface area (Å²) < 4.78 is 33.0. The number of anilines is 1. The highest BCUT2D eigenvalue weighted by Gasteiger charge is 2.17. The summed E-state index contributed by atoms with van der Waals surface area (Å²) in [5, 5.41) is 2.88. The number of para-hydroxylation sites is 1. The Kier molecular flexibility index (Phi) is 5.84. The number of rotatable bonds is 7. The summed E-state index contributed by atoms with van der Waals surface area (Å²) in [4.78, 5) is 12.5. The molecule has 3 aromatic rings. The second-order valence-corrected chi connectivity index (χ2v) is 8.29. The van der Waals surface area contributed by atoms with E-state index in [0.717, 1.165) is 11.3 Å². The predicted octanol–water partition coefficient (Wildman–Crippen LogP) is 3.75. The molecule has 28 heavy (non-hydrogen) atoms. The number of furan rings is 1. The Morgan fingerprint density at radius 3 is 2.39 bits per heavy atom. The number of sulfonamides is 1. The van der Waals surface area contributed by atoms with Crippen LogP contribution in [-0.2, 0) is 16.4 Å². The molecule has 0 saturated carbocycles. The van der Waals surface area contributed by atoms with E-state index in [-0.39, 0.29) is 16.8 Å². The SMILES string of the molecule is Cc1ccccc1NS(=O)(=O)c1ccc(C(=O)NC(C)Cc2ccco2)cc1. The normalized spacial score (nSPS) is 12.4. The van der Waals surface area contributed by atoms with E-state index >= 15 is 0 Å². The van der Waals surface area contributed by atoms with E-state index in [1.54, 1.807) is 24.5 Å². The van der Waals surface area contributed by atoms with Gasteiger partial charge >= 0.3 is 0 Å². The summed E-state index contributed by atoms with van der Waals surface area (Å²) in [7, 11) is -3.73. The van der Waals surface area contributed by atoms with Crippen molar-refractivity contribution >= 4 is 21.6 Å². The average molecular weight is 398 g/mol. The number of benzene rings is 2. The highest BCUT2D eigenvalue weighted by Crippen LogP contribution is 2.19.